The molecule has 1 atom stereocenters. The van der Waals surface area contributed by atoms with Crippen molar-refractivity contribution < 1.29 is 4.79 Å². The number of carbonyl (C=O) groups is 1. The molecule has 1 saturated carbocycles. The Balaban J connectivity index is 1.56. The minimum atomic E-state index is -0.0421. The SMILES string of the molecule is N#C[C@@H](C1CCCCC1)N1CCN(C(=O)c2cnsn2)CC1. The fourth-order valence-electron chi connectivity index (χ4n) is 3.56. The van der Waals surface area contributed by atoms with Gasteiger partial charge in [-0.25, -0.2) is 0 Å². The first kappa shape index (κ1) is 15.4. The van der Waals surface area contributed by atoms with Crippen LogP contribution >= 0.6 is 11.7 Å². The number of nitrogens with zero attached hydrogens (tertiary/aromatic N) is 5. The average molecular weight is 319 g/mol. The first-order valence-corrected chi connectivity index (χ1v) is 8.73. The lowest BCUT2D eigenvalue weighted by atomic mass is 9.83. The molecule has 1 amide bonds. The molecule has 1 aromatic heterocycles. The Kier molecular flexibility index (Phi) is 5.01. The molecule has 1 saturated heterocycles. The third-order valence-electron chi connectivity index (χ3n) is 4.80. The van der Waals surface area contributed by atoms with Crippen LogP contribution in [0, 0.1) is 17.2 Å². The molecule has 22 heavy (non-hydrogen) atoms. The number of aromatic nitrogens is 2. The minimum absolute atomic E-state index is 0.0125. The summed E-state index contributed by atoms with van der Waals surface area (Å²) in [6.45, 7) is 2.89. The van der Waals surface area contributed by atoms with Crippen molar-refractivity contribution in [1.29, 1.82) is 5.26 Å². The number of hydrogen-bond acceptors (Lipinski definition) is 6. The average Bonchev–Trinajstić information content (AvgIpc) is 3.11. The van der Waals surface area contributed by atoms with Crippen LogP contribution in [0.25, 0.3) is 0 Å². The summed E-state index contributed by atoms with van der Waals surface area (Å²) in [5.41, 5.74) is 0.433. The molecule has 1 aliphatic heterocycles. The number of amides is 1. The number of hydrogen-bond donors (Lipinski definition) is 0. The van der Waals surface area contributed by atoms with Gasteiger partial charge in [0, 0.05) is 26.2 Å². The summed E-state index contributed by atoms with van der Waals surface area (Å²) in [5, 5.41) is 9.57. The highest BCUT2D eigenvalue weighted by Gasteiger charge is 2.32. The summed E-state index contributed by atoms with van der Waals surface area (Å²) in [6.07, 6.45) is 7.66. The summed E-state index contributed by atoms with van der Waals surface area (Å²) in [6, 6.07) is 2.53. The summed E-state index contributed by atoms with van der Waals surface area (Å²) in [5.74, 6) is 0.461. The van der Waals surface area contributed by atoms with Crippen LogP contribution in [-0.4, -0.2) is 56.7 Å². The molecule has 3 rings (SSSR count). The minimum Gasteiger partial charge on any atom is -0.335 e. The maximum Gasteiger partial charge on any atom is 0.275 e. The van der Waals surface area contributed by atoms with Crippen molar-refractivity contribution in [3.05, 3.63) is 11.9 Å². The topological polar surface area (TPSA) is 73.1 Å². The Morgan fingerprint density at radius 2 is 2.00 bits per heavy atom. The molecule has 0 bridgehead atoms. The van der Waals surface area contributed by atoms with E-state index in [1.165, 1.54) is 38.3 Å². The third kappa shape index (κ3) is 3.28. The van der Waals surface area contributed by atoms with Gasteiger partial charge in [0.2, 0.25) is 0 Å². The quantitative estimate of drug-likeness (QED) is 0.849. The molecule has 0 N–H and O–H groups in total. The largest absolute Gasteiger partial charge is 0.335 e. The molecule has 0 aromatic carbocycles. The normalized spacial score (nSPS) is 22.2. The van der Waals surface area contributed by atoms with Crippen LogP contribution < -0.4 is 0 Å². The highest BCUT2D eigenvalue weighted by atomic mass is 32.1. The molecule has 0 unspecified atom stereocenters. The van der Waals surface area contributed by atoms with E-state index in [-0.39, 0.29) is 11.9 Å². The molecule has 1 aliphatic carbocycles. The standard InChI is InChI=1S/C15H21N5OS/c16-10-14(12-4-2-1-3-5-12)19-6-8-20(9-7-19)15(21)13-11-17-22-18-13/h11-12,14H,1-9H2/t14-/m0/s1. The number of nitriles is 1. The first-order chi connectivity index (χ1) is 10.8. The Morgan fingerprint density at radius 1 is 1.27 bits per heavy atom. The van der Waals surface area contributed by atoms with E-state index < -0.39 is 0 Å². The summed E-state index contributed by atoms with van der Waals surface area (Å²) in [7, 11) is 0. The predicted octanol–water partition coefficient (Wildman–Crippen LogP) is 1.77. The summed E-state index contributed by atoms with van der Waals surface area (Å²) < 4.78 is 7.89. The van der Waals surface area contributed by atoms with Gasteiger partial charge in [-0.15, -0.1) is 0 Å². The van der Waals surface area contributed by atoms with E-state index in [9.17, 15) is 10.1 Å². The highest BCUT2D eigenvalue weighted by Crippen LogP contribution is 2.29. The molecule has 0 spiro atoms. The van der Waals surface area contributed by atoms with Gasteiger partial charge in [0.1, 0.15) is 6.04 Å². The third-order valence-corrected chi connectivity index (χ3v) is 5.28. The van der Waals surface area contributed by atoms with Crippen LogP contribution in [0.2, 0.25) is 0 Å². The first-order valence-electron chi connectivity index (χ1n) is 8.00. The van der Waals surface area contributed by atoms with Gasteiger partial charge in [-0.2, -0.15) is 14.0 Å². The van der Waals surface area contributed by atoms with Crippen molar-refractivity contribution in [2.24, 2.45) is 5.92 Å². The fraction of sp³-hybridized carbons (Fsp3) is 0.733. The van der Waals surface area contributed by atoms with Crippen LogP contribution in [0.5, 0.6) is 0 Å². The van der Waals surface area contributed by atoms with Crippen molar-refractivity contribution in [3.8, 4) is 6.07 Å². The van der Waals surface area contributed by atoms with E-state index in [0.717, 1.165) is 24.8 Å². The zero-order valence-electron chi connectivity index (χ0n) is 12.6. The Labute approximate surface area is 135 Å². The highest BCUT2D eigenvalue weighted by molar-refractivity contribution is 6.99. The van der Waals surface area contributed by atoms with Crippen LogP contribution in [0.4, 0.5) is 0 Å². The number of piperazine rings is 1. The van der Waals surface area contributed by atoms with Crippen molar-refractivity contribution in [1.82, 2.24) is 18.5 Å². The molecule has 2 fully saturated rings. The Hall–Kier alpha value is -1.52. The lowest BCUT2D eigenvalue weighted by Gasteiger charge is -2.40. The fourth-order valence-corrected chi connectivity index (χ4v) is 3.97. The molecule has 1 aromatic rings. The second-order valence-electron chi connectivity index (χ2n) is 6.09. The monoisotopic (exact) mass is 319 g/mol. The van der Waals surface area contributed by atoms with Crippen LogP contribution in [0.3, 0.4) is 0 Å². The van der Waals surface area contributed by atoms with Crippen molar-refractivity contribution in [3.63, 3.8) is 0 Å². The van der Waals surface area contributed by atoms with Gasteiger partial charge >= 0.3 is 0 Å². The van der Waals surface area contributed by atoms with Crippen LogP contribution in [-0.2, 0) is 0 Å². The molecule has 7 heteroatoms. The van der Waals surface area contributed by atoms with E-state index >= 15 is 0 Å². The Morgan fingerprint density at radius 3 is 2.59 bits per heavy atom. The number of carbonyl (C=O) groups excluding carboxylic acids is 1. The van der Waals surface area contributed by atoms with Gasteiger partial charge in [-0.05, 0) is 18.8 Å². The van der Waals surface area contributed by atoms with Crippen molar-refractivity contribution in [2.45, 2.75) is 38.1 Å². The zero-order chi connectivity index (χ0) is 15.4. The van der Waals surface area contributed by atoms with Gasteiger partial charge in [0.25, 0.3) is 5.91 Å². The maximum atomic E-state index is 12.3. The van der Waals surface area contributed by atoms with Gasteiger partial charge < -0.3 is 4.90 Å². The smallest absolute Gasteiger partial charge is 0.275 e. The maximum absolute atomic E-state index is 12.3. The molecule has 0 radical (unpaired) electrons. The van der Waals surface area contributed by atoms with Gasteiger partial charge in [0.05, 0.1) is 24.0 Å². The second kappa shape index (κ2) is 7.16. The van der Waals surface area contributed by atoms with Gasteiger partial charge in [-0.3, -0.25) is 9.69 Å². The van der Waals surface area contributed by atoms with E-state index in [0.29, 0.717) is 24.7 Å². The molecule has 2 aliphatic rings. The van der Waals surface area contributed by atoms with E-state index in [2.05, 4.69) is 19.7 Å². The summed E-state index contributed by atoms with van der Waals surface area (Å²) in [4.78, 5) is 16.3. The zero-order valence-corrected chi connectivity index (χ0v) is 13.5. The molecular formula is C15H21N5OS. The molecule has 2 heterocycles. The van der Waals surface area contributed by atoms with Gasteiger partial charge in [0.15, 0.2) is 5.69 Å². The van der Waals surface area contributed by atoms with Crippen LogP contribution in [0.15, 0.2) is 6.20 Å². The molecule has 118 valence electrons. The molecule has 6 nitrogen and oxygen atoms in total. The molecular weight excluding hydrogens is 298 g/mol. The predicted molar refractivity (Wildman–Crippen MR) is 83.4 cm³/mol. The lowest BCUT2D eigenvalue weighted by Crippen LogP contribution is -2.53. The number of rotatable bonds is 3. The van der Waals surface area contributed by atoms with E-state index in [1.54, 1.807) is 0 Å². The van der Waals surface area contributed by atoms with Gasteiger partial charge in [-0.1, -0.05) is 19.3 Å². The van der Waals surface area contributed by atoms with Crippen molar-refractivity contribution in [2.75, 3.05) is 26.2 Å². The van der Waals surface area contributed by atoms with Crippen molar-refractivity contribution >= 4 is 17.6 Å². The van der Waals surface area contributed by atoms with Crippen LogP contribution in [0.1, 0.15) is 42.6 Å². The van der Waals surface area contributed by atoms with E-state index in [4.69, 9.17) is 0 Å². The lowest BCUT2D eigenvalue weighted by molar-refractivity contribution is 0.0534. The van der Waals surface area contributed by atoms with E-state index in [1.807, 2.05) is 4.90 Å². The summed E-state index contributed by atoms with van der Waals surface area (Å²) >= 11 is 1.06. The second-order valence-corrected chi connectivity index (χ2v) is 6.65. The Bertz CT molecular complexity index is 527.